The molecule has 0 spiro atoms. The lowest BCUT2D eigenvalue weighted by Crippen LogP contribution is -2.57. The number of carbonyl (C=O) groups excluding carboxylic acids is 2. The Labute approximate surface area is 317 Å². The number of amides is 1. The van der Waals surface area contributed by atoms with Gasteiger partial charge in [-0.25, -0.2) is 10.2 Å². The summed E-state index contributed by atoms with van der Waals surface area (Å²) in [6.45, 7) is 13.3. The van der Waals surface area contributed by atoms with Gasteiger partial charge in [0.25, 0.3) is 5.91 Å². The third-order valence-electron chi connectivity index (χ3n) is 11.0. The first-order chi connectivity index (χ1) is 25.8. The zero-order valence-corrected chi connectivity index (χ0v) is 32.3. The van der Waals surface area contributed by atoms with Crippen LogP contribution in [-0.2, 0) is 38.4 Å². The number of methoxy groups -OCH3 is 1. The van der Waals surface area contributed by atoms with E-state index in [4.69, 9.17) is 20.2 Å². The molecule has 3 atom stereocenters. The molecule has 286 valence electrons. The molecule has 0 aliphatic carbocycles. The summed E-state index contributed by atoms with van der Waals surface area (Å²) in [5, 5.41) is 13.4. The van der Waals surface area contributed by atoms with Gasteiger partial charge in [0.05, 0.1) is 48.6 Å². The average molecular weight is 736 g/mol. The second kappa shape index (κ2) is 15.2. The number of cyclic esters (lactones) is 1. The summed E-state index contributed by atoms with van der Waals surface area (Å²) in [5.74, 6) is -0.726. The third-order valence-corrected chi connectivity index (χ3v) is 11.0. The van der Waals surface area contributed by atoms with Gasteiger partial charge in [-0.1, -0.05) is 38.1 Å². The Morgan fingerprint density at radius 3 is 2.61 bits per heavy atom. The number of anilines is 1. The highest BCUT2D eigenvalue weighted by molar-refractivity contribution is 5.96. The van der Waals surface area contributed by atoms with E-state index in [1.54, 1.807) is 31.4 Å². The molecule has 0 saturated carbocycles. The number of benzene rings is 2. The van der Waals surface area contributed by atoms with Gasteiger partial charge in [-0.15, -0.1) is 0 Å². The second-order valence-electron chi connectivity index (χ2n) is 15.7. The summed E-state index contributed by atoms with van der Waals surface area (Å²) in [6.07, 6.45) is 5.99. The van der Waals surface area contributed by atoms with Crippen LogP contribution < -0.4 is 16.1 Å². The Morgan fingerprint density at radius 1 is 1.09 bits per heavy atom. The number of aromatic hydroxyl groups is 1. The van der Waals surface area contributed by atoms with Crippen molar-refractivity contribution in [1.82, 2.24) is 24.9 Å². The lowest BCUT2D eigenvalue weighted by molar-refractivity contribution is -0.151. The van der Waals surface area contributed by atoms with Gasteiger partial charge in [0, 0.05) is 61.7 Å². The van der Waals surface area contributed by atoms with Crippen LogP contribution in [-0.4, -0.2) is 102 Å². The molecule has 2 aromatic heterocycles. The van der Waals surface area contributed by atoms with Crippen molar-refractivity contribution in [2.75, 3.05) is 58.4 Å². The molecule has 3 aliphatic heterocycles. The van der Waals surface area contributed by atoms with E-state index in [9.17, 15) is 14.7 Å². The fourth-order valence-electron chi connectivity index (χ4n) is 7.98. The topological polar surface area (TPSA) is 138 Å². The molecule has 1 amide bonds. The number of fused-ring (bicyclic) bond motifs is 6. The molecule has 5 heterocycles. The van der Waals surface area contributed by atoms with Crippen LogP contribution in [0.15, 0.2) is 60.8 Å². The van der Waals surface area contributed by atoms with Crippen LogP contribution in [0.2, 0.25) is 0 Å². The zero-order chi connectivity index (χ0) is 38.3. The van der Waals surface area contributed by atoms with Crippen molar-refractivity contribution in [2.24, 2.45) is 11.1 Å². The van der Waals surface area contributed by atoms with E-state index in [0.29, 0.717) is 13.0 Å². The summed E-state index contributed by atoms with van der Waals surface area (Å²) in [4.78, 5) is 36.8. The molecule has 1 fully saturated rings. The van der Waals surface area contributed by atoms with Crippen molar-refractivity contribution >= 4 is 28.5 Å². The Hall–Kier alpha value is -4.75. The van der Waals surface area contributed by atoms with Crippen LogP contribution in [0, 0.1) is 5.41 Å². The normalized spacial score (nSPS) is 21.6. The van der Waals surface area contributed by atoms with Gasteiger partial charge in [0.15, 0.2) is 0 Å². The standard InChI is InChI=1S/C42H53N7O5/c1-7-48-37-11-10-28-21-32(37)34(39(48)33-22-30(24-44-38(33)26(2)53-6)47-15-13-46(5)14-16-47)23-42(3,4)25-54-41(52)36-9-8-12-49(45-36)40(51)35(43)19-27-17-29(28)20-31(50)18-27/h8-11,17-18,20-22,24,26,35-36,45,50H,7,12-16,19,23,25,43H2,1-6H3/t26-,35-,36-/m0/s1. The number of hydrogen-bond donors (Lipinski definition) is 3. The number of phenols is 1. The van der Waals surface area contributed by atoms with Crippen molar-refractivity contribution in [2.45, 2.75) is 65.3 Å². The number of nitrogens with zero attached hydrogens (tertiary/aromatic N) is 5. The molecule has 4 aromatic rings. The van der Waals surface area contributed by atoms with E-state index in [1.807, 2.05) is 19.2 Å². The van der Waals surface area contributed by atoms with Crippen LogP contribution in [0.25, 0.3) is 33.3 Å². The highest BCUT2D eigenvalue weighted by atomic mass is 16.5. The number of hydrogen-bond acceptors (Lipinski definition) is 10. The van der Waals surface area contributed by atoms with E-state index < -0.39 is 23.5 Å². The maximum atomic E-state index is 13.5. The van der Waals surface area contributed by atoms with Crippen LogP contribution >= 0.6 is 0 Å². The van der Waals surface area contributed by atoms with Crippen molar-refractivity contribution in [3.63, 3.8) is 0 Å². The highest BCUT2D eigenvalue weighted by Gasteiger charge is 2.33. The first kappa shape index (κ1) is 37.6. The summed E-state index contributed by atoms with van der Waals surface area (Å²) in [6, 6.07) is 12.4. The molecular formula is C42H53N7O5. The third kappa shape index (κ3) is 7.48. The van der Waals surface area contributed by atoms with Crippen molar-refractivity contribution in [3.05, 3.63) is 77.6 Å². The van der Waals surface area contributed by atoms with E-state index in [2.05, 4.69) is 71.9 Å². The molecule has 7 rings (SSSR count). The van der Waals surface area contributed by atoms with Crippen molar-refractivity contribution in [1.29, 1.82) is 0 Å². The lowest BCUT2D eigenvalue weighted by atomic mass is 9.84. The number of ether oxygens (including phenoxy) is 2. The smallest absolute Gasteiger partial charge is 0.328 e. The molecule has 2 aromatic carbocycles. The number of nitrogens with one attached hydrogen (secondary N) is 1. The summed E-state index contributed by atoms with van der Waals surface area (Å²) >= 11 is 0. The Morgan fingerprint density at radius 2 is 1.87 bits per heavy atom. The molecule has 54 heavy (non-hydrogen) atoms. The summed E-state index contributed by atoms with van der Waals surface area (Å²) in [5.41, 5.74) is 17.7. The largest absolute Gasteiger partial charge is 0.508 e. The van der Waals surface area contributed by atoms with Crippen LogP contribution in [0.1, 0.15) is 50.6 Å². The Bertz CT molecular complexity index is 2080. The van der Waals surface area contributed by atoms with Crippen LogP contribution in [0.4, 0.5) is 5.69 Å². The molecule has 4 N–H and O–H groups in total. The van der Waals surface area contributed by atoms with Gasteiger partial charge in [-0.2, -0.15) is 0 Å². The Kier molecular flexibility index (Phi) is 10.6. The number of aromatic nitrogens is 2. The first-order valence-electron chi connectivity index (χ1n) is 19.0. The molecule has 0 radical (unpaired) electrons. The molecule has 12 heteroatoms. The van der Waals surface area contributed by atoms with Gasteiger partial charge in [0.1, 0.15) is 11.8 Å². The van der Waals surface area contributed by atoms with Gasteiger partial charge in [-0.05, 0) is 86.3 Å². The predicted molar refractivity (Wildman–Crippen MR) is 211 cm³/mol. The molecule has 1 saturated heterocycles. The number of likely N-dealkylation sites (N-methyl/N-ethyl adjacent to an activating group) is 1. The molecular weight excluding hydrogens is 683 g/mol. The van der Waals surface area contributed by atoms with E-state index in [-0.39, 0.29) is 37.3 Å². The van der Waals surface area contributed by atoms with E-state index >= 15 is 0 Å². The number of carbonyl (C=O) groups is 2. The predicted octanol–water partition coefficient (Wildman–Crippen LogP) is 4.82. The van der Waals surface area contributed by atoms with Crippen LogP contribution in [0.3, 0.4) is 0 Å². The number of nitrogens with two attached hydrogens (primary N) is 1. The second-order valence-corrected chi connectivity index (χ2v) is 15.7. The number of hydrazine groups is 1. The summed E-state index contributed by atoms with van der Waals surface area (Å²) in [7, 11) is 3.87. The minimum absolute atomic E-state index is 0.0941. The monoisotopic (exact) mass is 735 g/mol. The van der Waals surface area contributed by atoms with Gasteiger partial charge >= 0.3 is 5.97 Å². The maximum Gasteiger partial charge on any atom is 0.328 e. The minimum atomic E-state index is -0.901. The maximum absolute atomic E-state index is 13.5. The number of piperazine rings is 1. The Balaban J connectivity index is 1.44. The molecule has 6 bridgehead atoms. The van der Waals surface area contributed by atoms with Gasteiger partial charge in [0.2, 0.25) is 0 Å². The van der Waals surface area contributed by atoms with Crippen molar-refractivity contribution in [3.8, 4) is 28.1 Å². The zero-order valence-electron chi connectivity index (χ0n) is 32.3. The van der Waals surface area contributed by atoms with E-state index in [0.717, 1.165) is 82.0 Å². The van der Waals surface area contributed by atoms with Gasteiger partial charge in [-0.3, -0.25) is 14.8 Å². The quantitative estimate of drug-likeness (QED) is 0.193. The first-order valence-corrected chi connectivity index (χ1v) is 19.0. The van der Waals surface area contributed by atoms with E-state index in [1.165, 1.54) is 5.01 Å². The average Bonchev–Trinajstić information content (AvgIpc) is 3.47. The lowest BCUT2D eigenvalue weighted by Gasteiger charge is -2.34. The number of rotatable bonds is 5. The molecule has 0 unspecified atom stereocenters. The number of esters is 1. The minimum Gasteiger partial charge on any atom is -0.508 e. The SMILES string of the molecule is CCn1c(-c2cc(N3CCN(C)CC3)cnc2[C@H](C)OC)c2c3cc(ccc31)-c1cc(O)cc(c1)C[C@H](N)C(=O)N1CC=C[C@H](N1)C(=O)OCC(C)(C)C2. The number of aryl methyl sites for hydroxylation is 1. The highest BCUT2D eigenvalue weighted by Crippen LogP contribution is 2.43. The molecule has 3 aliphatic rings. The fraction of sp³-hybridized carbons (Fsp3) is 0.452. The van der Waals surface area contributed by atoms with Crippen LogP contribution in [0.5, 0.6) is 5.75 Å². The van der Waals surface area contributed by atoms with Crippen molar-refractivity contribution < 1.29 is 24.2 Å². The molecule has 12 nitrogen and oxygen atoms in total. The number of phenolic OH excluding ortho intramolecular Hbond substituents is 1. The van der Waals surface area contributed by atoms with Gasteiger partial charge < -0.3 is 34.7 Å². The summed E-state index contributed by atoms with van der Waals surface area (Å²) < 4.78 is 14.3. The number of pyridine rings is 1. The fourth-order valence-corrected chi connectivity index (χ4v) is 7.98.